The van der Waals surface area contributed by atoms with E-state index in [2.05, 4.69) is 19.7 Å². The van der Waals surface area contributed by atoms with Gasteiger partial charge in [-0.2, -0.15) is 10.2 Å². The van der Waals surface area contributed by atoms with Crippen molar-refractivity contribution in [2.45, 2.75) is 26.1 Å². The zero-order chi connectivity index (χ0) is 22.1. The van der Waals surface area contributed by atoms with Crippen LogP contribution in [0.3, 0.4) is 0 Å². The summed E-state index contributed by atoms with van der Waals surface area (Å²) < 4.78 is 7.37. The number of nitrogens with one attached hydrogen (secondary N) is 1. The average Bonchev–Trinajstić information content (AvgIpc) is 3.04. The highest BCUT2D eigenvalue weighted by Crippen LogP contribution is 2.29. The lowest BCUT2D eigenvalue weighted by atomic mass is 9.95. The van der Waals surface area contributed by atoms with E-state index in [9.17, 15) is 4.79 Å². The van der Waals surface area contributed by atoms with Crippen molar-refractivity contribution in [3.8, 4) is 11.4 Å². The molecule has 0 fully saturated rings. The van der Waals surface area contributed by atoms with Crippen LogP contribution in [0.25, 0.3) is 5.69 Å². The predicted octanol–water partition coefficient (Wildman–Crippen LogP) is 3.65. The van der Waals surface area contributed by atoms with E-state index in [0.717, 1.165) is 45.2 Å². The zero-order valence-electron chi connectivity index (χ0n) is 18.1. The molecule has 8 heteroatoms. The lowest BCUT2D eigenvalue weighted by Gasteiger charge is -2.22. The van der Waals surface area contributed by atoms with Gasteiger partial charge in [0.25, 0.3) is 0 Å². The molecule has 0 bridgehead atoms. The van der Waals surface area contributed by atoms with Crippen molar-refractivity contribution in [2.75, 3.05) is 14.2 Å². The van der Waals surface area contributed by atoms with Crippen LogP contribution in [0.4, 0.5) is 4.79 Å². The van der Waals surface area contributed by atoms with Crippen LogP contribution in [0.5, 0.6) is 5.75 Å². The molecule has 31 heavy (non-hydrogen) atoms. The monoisotopic (exact) mass is 435 g/mol. The number of carbonyl (C=O) groups is 1. The van der Waals surface area contributed by atoms with Gasteiger partial charge in [0.15, 0.2) is 0 Å². The summed E-state index contributed by atoms with van der Waals surface area (Å²) in [5.41, 5.74) is 6.72. The van der Waals surface area contributed by atoms with Crippen LogP contribution >= 0.6 is 9.24 Å². The number of nitrogens with zero attached hydrogens (tertiary/aromatic N) is 4. The third-order valence-corrected chi connectivity index (χ3v) is 5.86. The largest absolute Gasteiger partial charge is 0.497 e. The number of benzene rings is 2. The Hall–Kier alpha value is -3.18. The van der Waals surface area contributed by atoms with Crippen molar-refractivity contribution >= 4 is 21.0 Å². The van der Waals surface area contributed by atoms with Crippen LogP contribution in [0.1, 0.15) is 28.1 Å². The summed E-state index contributed by atoms with van der Waals surface area (Å²) in [7, 11) is 5.98. The summed E-state index contributed by atoms with van der Waals surface area (Å²) in [4.78, 5) is 12.5. The van der Waals surface area contributed by atoms with Crippen molar-refractivity contribution in [1.29, 1.82) is 0 Å². The first-order valence-corrected chi connectivity index (χ1v) is 10.7. The second-order valence-electron chi connectivity index (χ2n) is 7.53. The van der Waals surface area contributed by atoms with Crippen molar-refractivity contribution in [3.63, 3.8) is 0 Å². The van der Waals surface area contributed by atoms with Gasteiger partial charge in [-0.05, 0) is 56.2 Å². The fraction of sp³-hybridized carbons (Fsp3) is 0.261. The molecule has 0 aliphatic carbocycles. The van der Waals surface area contributed by atoms with Gasteiger partial charge in [-0.3, -0.25) is 0 Å². The summed E-state index contributed by atoms with van der Waals surface area (Å²) in [6.45, 7) is 4.01. The second-order valence-corrected chi connectivity index (χ2v) is 8.30. The van der Waals surface area contributed by atoms with Gasteiger partial charge in [0.1, 0.15) is 5.75 Å². The molecule has 3 aromatic rings. The molecule has 7 nitrogen and oxygen atoms in total. The topological polar surface area (TPSA) is 71.8 Å². The third kappa shape index (κ3) is 4.06. The molecule has 2 unspecified atom stereocenters. The Kier molecular flexibility index (Phi) is 5.79. The number of hydrazone groups is 1. The minimum absolute atomic E-state index is 0.168. The Labute approximate surface area is 184 Å². The quantitative estimate of drug-likeness (QED) is 0.639. The van der Waals surface area contributed by atoms with Crippen LogP contribution in [-0.2, 0) is 6.42 Å². The molecule has 0 spiro atoms. The van der Waals surface area contributed by atoms with E-state index in [-0.39, 0.29) is 11.8 Å². The number of urea groups is 1. The normalized spacial score (nSPS) is 15.7. The molecule has 0 radical (unpaired) electrons. The maximum Gasteiger partial charge on any atom is 0.338 e. The van der Waals surface area contributed by atoms with Gasteiger partial charge in [-0.1, -0.05) is 18.2 Å². The van der Waals surface area contributed by atoms with Crippen molar-refractivity contribution in [3.05, 3.63) is 76.6 Å². The molecule has 2 amide bonds. The molecule has 2 heterocycles. The predicted molar refractivity (Wildman–Crippen MR) is 125 cm³/mol. The summed E-state index contributed by atoms with van der Waals surface area (Å²) in [5.74, 6) is 0.581. The van der Waals surface area contributed by atoms with E-state index in [1.165, 1.54) is 5.01 Å². The molecule has 1 aromatic heterocycles. The molecule has 1 aliphatic rings. The maximum atomic E-state index is 12.5. The van der Waals surface area contributed by atoms with Crippen LogP contribution in [0, 0.1) is 13.8 Å². The summed E-state index contributed by atoms with van der Waals surface area (Å²) in [5, 5.41) is 13.5. The number of carbonyl (C=O) groups excluding carboxylic acids is 1. The molecule has 2 aromatic carbocycles. The first-order valence-electron chi connectivity index (χ1n) is 10.1. The van der Waals surface area contributed by atoms with Gasteiger partial charge in [0.2, 0.25) is 0 Å². The van der Waals surface area contributed by atoms with E-state index in [4.69, 9.17) is 9.84 Å². The standard InChI is InChI=1S/C23H26N5O2P/c1-14-11-15(2)27(25-14)18-8-5-16(6-9-18)22-20-13-19(30-4)10-7-17(20)12-21(31)28(26-22)23(29)24-3/h5-11,13,21H,12,31H2,1-4H3,(H,24,29). The molecule has 1 N–H and O–H groups in total. The molecular formula is C23H26N5O2P. The minimum Gasteiger partial charge on any atom is -0.497 e. The SMILES string of the molecule is CNC(=O)N1N=C(c2ccc(-n3nc(C)cc3C)cc2)c2cc(OC)ccc2CC1P. The van der Waals surface area contributed by atoms with E-state index < -0.39 is 0 Å². The highest BCUT2D eigenvalue weighted by atomic mass is 31.0. The number of amides is 2. The number of hydrogen-bond acceptors (Lipinski definition) is 4. The first kappa shape index (κ1) is 21.1. The fourth-order valence-electron chi connectivity index (χ4n) is 3.80. The van der Waals surface area contributed by atoms with Crippen molar-refractivity contribution in [1.82, 2.24) is 20.1 Å². The molecule has 0 saturated carbocycles. The highest BCUT2D eigenvalue weighted by Gasteiger charge is 2.27. The number of fused-ring (bicyclic) bond motifs is 1. The number of methoxy groups -OCH3 is 1. The summed E-state index contributed by atoms with van der Waals surface area (Å²) in [6.07, 6.45) is 0.661. The van der Waals surface area contributed by atoms with Gasteiger partial charge >= 0.3 is 6.03 Å². The Bertz CT molecular complexity index is 1150. The zero-order valence-corrected chi connectivity index (χ0v) is 19.2. The van der Waals surface area contributed by atoms with Gasteiger partial charge in [0, 0.05) is 23.9 Å². The Morgan fingerprint density at radius 2 is 1.90 bits per heavy atom. The lowest BCUT2D eigenvalue weighted by molar-refractivity contribution is 0.198. The van der Waals surface area contributed by atoms with Gasteiger partial charge in [-0.25, -0.2) is 14.5 Å². The number of hydrogen-bond donors (Lipinski definition) is 1. The lowest BCUT2D eigenvalue weighted by Crippen LogP contribution is -2.39. The molecule has 1 aliphatic heterocycles. The van der Waals surface area contributed by atoms with E-state index in [1.807, 2.05) is 67.1 Å². The Balaban J connectivity index is 1.83. The Morgan fingerprint density at radius 3 is 2.52 bits per heavy atom. The van der Waals surface area contributed by atoms with E-state index in [1.54, 1.807) is 14.2 Å². The Morgan fingerprint density at radius 1 is 1.16 bits per heavy atom. The van der Waals surface area contributed by atoms with E-state index >= 15 is 0 Å². The third-order valence-electron chi connectivity index (χ3n) is 5.34. The van der Waals surface area contributed by atoms with Crippen LogP contribution in [0.2, 0.25) is 0 Å². The highest BCUT2D eigenvalue weighted by molar-refractivity contribution is 7.17. The maximum absolute atomic E-state index is 12.5. The summed E-state index contributed by atoms with van der Waals surface area (Å²) in [6, 6.07) is 15.8. The molecule has 160 valence electrons. The minimum atomic E-state index is -0.253. The molecule has 2 atom stereocenters. The number of ether oxygens (including phenoxy) is 1. The molecular weight excluding hydrogens is 409 g/mol. The van der Waals surface area contributed by atoms with Crippen LogP contribution < -0.4 is 10.1 Å². The van der Waals surface area contributed by atoms with Crippen molar-refractivity contribution in [2.24, 2.45) is 5.10 Å². The molecule has 4 rings (SSSR count). The van der Waals surface area contributed by atoms with E-state index in [0.29, 0.717) is 6.42 Å². The van der Waals surface area contributed by atoms with Crippen LogP contribution in [0.15, 0.2) is 53.6 Å². The van der Waals surface area contributed by atoms with Gasteiger partial charge < -0.3 is 10.1 Å². The van der Waals surface area contributed by atoms with Gasteiger partial charge in [-0.15, -0.1) is 9.24 Å². The second kappa shape index (κ2) is 8.52. The average molecular weight is 435 g/mol. The summed E-state index contributed by atoms with van der Waals surface area (Å²) >= 11 is 0. The van der Waals surface area contributed by atoms with Crippen LogP contribution in [-0.4, -0.2) is 46.5 Å². The first-order chi connectivity index (χ1) is 14.9. The molecule has 0 saturated heterocycles. The number of aromatic nitrogens is 2. The number of aryl methyl sites for hydroxylation is 2. The number of rotatable bonds is 3. The van der Waals surface area contributed by atoms with Gasteiger partial charge in [0.05, 0.1) is 30.0 Å². The smallest absolute Gasteiger partial charge is 0.338 e. The fourth-order valence-corrected chi connectivity index (χ4v) is 4.26. The van der Waals surface area contributed by atoms with Crippen molar-refractivity contribution < 1.29 is 9.53 Å².